The van der Waals surface area contributed by atoms with Gasteiger partial charge in [0.05, 0.1) is 17.3 Å². The maximum atomic E-state index is 5.25. The van der Waals surface area contributed by atoms with Crippen molar-refractivity contribution in [2.45, 2.75) is 20.8 Å². The minimum absolute atomic E-state index is 0.569. The van der Waals surface area contributed by atoms with E-state index >= 15 is 0 Å². The minimum Gasteiger partial charge on any atom is -0.490 e. The standard InChI is InChI=1S/C9H16O3Si.C2H4/c1-7(2)10-13(11-8(3)4)12-9(5)6;1-2/h13H,1,3,5H2,2,4,6H3;1-2H2. The molecule has 0 aromatic heterocycles. The van der Waals surface area contributed by atoms with Gasteiger partial charge in [0.1, 0.15) is 0 Å². The van der Waals surface area contributed by atoms with Gasteiger partial charge in [0, 0.05) is 0 Å². The molecule has 0 bridgehead atoms. The summed E-state index contributed by atoms with van der Waals surface area (Å²) in [4.78, 5) is 0. The molecule has 86 valence electrons. The van der Waals surface area contributed by atoms with E-state index in [1.165, 1.54) is 0 Å². The Bertz CT molecular complexity index is 198. The van der Waals surface area contributed by atoms with Crippen molar-refractivity contribution in [3.05, 3.63) is 50.2 Å². The zero-order chi connectivity index (χ0) is 12.4. The summed E-state index contributed by atoms with van der Waals surface area (Å²) >= 11 is 0. The highest BCUT2D eigenvalue weighted by atomic mass is 28.3. The number of hydrogen-bond donors (Lipinski definition) is 0. The quantitative estimate of drug-likeness (QED) is 0.397. The van der Waals surface area contributed by atoms with Crippen molar-refractivity contribution < 1.29 is 13.3 Å². The fourth-order valence-corrected chi connectivity index (χ4v) is 1.69. The molecule has 0 saturated heterocycles. The van der Waals surface area contributed by atoms with Crippen LogP contribution in [0.5, 0.6) is 0 Å². The molecule has 0 aliphatic rings. The van der Waals surface area contributed by atoms with Gasteiger partial charge in [0.2, 0.25) is 0 Å². The van der Waals surface area contributed by atoms with Gasteiger partial charge in [-0.15, -0.1) is 13.2 Å². The van der Waals surface area contributed by atoms with Gasteiger partial charge in [-0.1, -0.05) is 19.7 Å². The lowest BCUT2D eigenvalue weighted by atomic mass is 10.7. The smallest absolute Gasteiger partial charge is 0.490 e. The lowest BCUT2D eigenvalue weighted by molar-refractivity contribution is 0.184. The summed E-state index contributed by atoms with van der Waals surface area (Å²) in [5.74, 6) is 1.71. The molecule has 0 radical (unpaired) electrons. The Morgan fingerprint density at radius 3 is 1.07 bits per heavy atom. The second kappa shape index (κ2) is 9.14. The molecule has 0 aromatic rings. The van der Waals surface area contributed by atoms with Crippen molar-refractivity contribution in [3.8, 4) is 0 Å². The van der Waals surface area contributed by atoms with Gasteiger partial charge >= 0.3 is 9.53 Å². The largest absolute Gasteiger partial charge is 0.682 e. The monoisotopic (exact) mass is 228 g/mol. The molecule has 0 fully saturated rings. The zero-order valence-electron chi connectivity index (χ0n) is 9.84. The van der Waals surface area contributed by atoms with Gasteiger partial charge in [0.15, 0.2) is 0 Å². The molecule has 0 rings (SSSR count). The Hall–Kier alpha value is -1.42. The van der Waals surface area contributed by atoms with Crippen LogP contribution >= 0.6 is 0 Å². The van der Waals surface area contributed by atoms with Crippen molar-refractivity contribution >= 4 is 9.53 Å². The van der Waals surface area contributed by atoms with Crippen LogP contribution in [0.2, 0.25) is 0 Å². The molecular formula is C11H20O3Si. The van der Waals surface area contributed by atoms with Crippen LogP contribution in [0.3, 0.4) is 0 Å². The SMILES string of the molecule is C=C.C=C(C)O[SiH](OC(=C)C)OC(=C)C. The molecule has 0 unspecified atom stereocenters. The maximum Gasteiger partial charge on any atom is 0.682 e. The number of rotatable bonds is 6. The van der Waals surface area contributed by atoms with Crippen LogP contribution in [-0.4, -0.2) is 9.53 Å². The Balaban J connectivity index is 0. The molecule has 0 atom stereocenters. The minimum atomic E-state index is -2.21. The molecule has 0 N–H and O–H groups in total. The Kier molecular flexibility index (Phi) is 9.77. The second-order valence-corrected chi connectivity index (χ2v) is 4.03. The molecule has 0 heterocycles. The first-order valence-electron chi connectivity index (χ1n) is 4.38. The predicted octanol–water partition coefficient (Wildman–Crippen LogP) is 3.16. The third kappa shape index (κ3) is 12.6. The molecule has 0 aliphatic heterocycles. The van der Waals surface area contributed by atoms with Crippen LogP contribution in [0.1, 0.15) is 20.8 Å². The van der Waals surface area contributed by atoms with Crippen molar-refractivity contribution in [3.63, 3.8) is 0 Å². The third-order valence-electron chi connectivity index (χ3n) is 0.892. The fourth-order valence-electron chi connectivity index (χ4n) is 0.565. The summed E-state index contributed by atoms with van der Waals surface area (Å²) in [5.41, 5.74) is 0. The van der Waals surface area contributed by atoms with E-state index in [2.05, 4.69) is 32.9 Å². The van der Waals surface area contributed by atoms with Crippen molar-refractivity contribution in [2.24, 2.45) is 0 Å². The number of allylic oxidation sites excluding steroid dienone is 3. The molecule has 0 aliphatic carbocycles. The average Bonchev–Trinajstić information content (AvgIpc) is 2.03. The molecule has 0 amide bonds. The predicted molar refractivity (Wildman–Crippen MR) is 66.1 cm³/mol. The first-order chi connectivity index (χ1) is 6.91. The summed E-state index contributed by atoms with van der Waals surface area (Å²) in [5, 5.41) is 0. The summed E-state index contributed by atoms with van der Waals surface area (Å²) in [6, 6.07) is 0. The van der Waals surface area contributed by atoms with Crippen molar-refractivity contribution in [1.29, 1.82) is 0 Å². The van der Waals surface area contributed by atoms with Gasteiger partial charge in [-0.05, 0) is 20.8 Å². The van der Waals surface area contributed by atoms with Crippen LogP contribution < -0.4 is 0 Å². The fraction of sp³-hybridized carbons (Fsp3) is 0.273. The van der Waals surface area contributed by atoms with E-state index in [-0.39, 0.29) is 0 Å². The van der Waals surface area contributed by atoms with E-state index in [1.807, 2.05) is 0 Å². The van der Waals surface area contributed by atoms with Crippen molar-refractivity contribution in [1.82, 2.24) is 0 Å². The summed E-state index contributed by atoms with van der Waals surface area (Å²) in [6.45, 7) is 22.0. The van der Waals surface area contributed by atoms with E-state index in [1.54, 1.807) is 20.8 Å². The van der Waals surface area contributed by atoms with E-state index in [9.17, 15) is 0 Å². The zero-order valence-corrected chi connectivity index (χ0v) is 11.0. The Morgan fingerprint density at radius 2 is 0.933 bits per heavy atom. The molecular weight excluding hydrogens is 208 g/mol. The van der Waals surface area contributed by atoms with Gasteiger partial charge in [-0.25, -0.2) is 0 Å². The third-order valence-corrected chi connectivity index (χ3v) is 2.68. The van der Waals surface area contributed by atoms with Gasteiger partial charge in [0.25, 0.3) is 0 Å². The van der Waals surface area contributed by atoms with Crippen LogP contribution in [0.15, 0.2) is 50.2 Å². The van der Waals surface area contributed by atoms with Crippen LogP contribution in [0.25, 0.3) is 0 Å². The number of hydrogen-bond acceptors (Lipinski definition) is 3. The van der Waals surface area contributed by atoms with E-state index < -0.39 is 9.53 Å². The highest BCUT2D eigenvalue weighted by Crippen LogP contribution is 2.07. The topological polar surface area (TPSA) is 27.7 Å². The van der Waals surface area contributed by atoms with E-state index in [0.717, 1.165) is 0 Å². The lowest BCUT2D eigenvalue weighted by Gasteiger charge is -2.18. The first-order valence-corrected chi connectivity index (χ1v) is 5.79. The highest BCUT2D eigenvalue weighted by Gasteiger charge is 2.20. The summed E-state index contributed by atoms with van der Waals surface area (Å²) < 4.78 is 15.8. The second-order valence-electron chi connectivity index (χ2n) is 2.75. The van der Waals surface area contributed by atoms with Crippen molar-refractivity contribution in [2.75, 3.05) is 0 Å². The molecule has 0 saturated carbocycles. The molecule has 0 aromatic carbocycles. The first kappa shape index (κ1) is 16.0. The Labute approximate surface area is 94.3 Å². The van der Waals surface area contributed by atoms with E-state index in [4.69, 9.17) is 13.3 Å². The highest BCUT2D eigenvalue weighted by molar-refractivity contribution is 6.37. The molecule has 15 heavy (non-hydrogen) atoms. The van der Waals surface area contributed by atoms with Gasteiger partial charge < -0.3 is 13.3 Å². The molecule has 4 heteroatoms. The van der Waals surface area contributed by atoms with Crippen LogP contribution in [-0.2, 0) is 13.3 Å². The lowest BCUT2D eigenvalue weighted by Crippen LogP contribution is -2.24. The normalized spacial score (nSPS) is 8.27. The van der Waals surface area contributed by atoms with E-state index in [0.29, 0.717) is 17.3 Å². The average molecular weight is 228 g/mol. The van der Waals surface area contributed by atoms with Crippen LogP contribution in [0, 0.1) is 0 Å². The summed E-state index contributed by atoms with van der Waals surface area (Å²) in [6.07, 6.45) is 0. The Morgan fingerprint density at radius 1 is 0.733 bits per heavy atom. The molecule has 3 nitrogen and oxygen atoms in total. The maximum absolute atomic E-state index is 5.25. The van der Waals surface area contributed by atoms with Gasteiger partial charge in [-0.2, -0.15) is 0 Å². The van der Waals surface area contributed by atoms with Crippen LogP contribution in [0.4, 0.5) is 0 Å². The molecule has 0 spiro atoms. The van der Waals surface area contributed by atoms with Gasteiger partial charge in [-0.3, -0.25) is 0 Å². The summed E-state index contributed by atoms with van der Waals surface area (Å²) in [7, 11) is -2.21.